The molecule has 2 heterocycles. The summed E-state index contributed by atoms with van der Waals surface area (Å²) >= 11 is 1.19. The van der Waals surface area contributed by atoms with E-state index in [0.29, 0.717) is 11.1 Å². The average Bonchev–Trinajstić information content (AvgIpc) is 2.95. The Balaban J connectivity index is 1.62. The zero-order valence-corrected chi connectivity index (χ0v) is 13.9. The normalized spacial score (nSPS) is 10.9. The van der Waals surface area contributed by atoms with Gasteiger partial charge in [-0.15, -0.1) is 0 Å². The highest BCUT2D eigenvalue weighted by Gasteiger charge is 2.09. The molecule has 0 radical (unpaired) electrons. The Morgan fingerprint density at radius 2 is 2.08 bits per heavy atom. The van der Waals surface area contributed by atoms with Crippen LogP contribution in [0.25, 0.3) is 11.0 Å². The number of carbonyl (C=O) groups excluding carboxylic acids is 1. The molecular weight excluding hydrogens is 326 g/mol. The number of benzene rings is 1. The lowest BCUT2D eigenvalue weighted by atomic mass is 10.2. The second-order valence-corrected chi connectivity index (χ2v) is 6.20. The molecule has 1 aromatic carbocycles. The molecule has 3 aromatic rings. The number of imidazole rings is 1. The number of anilines is 1. The van der Waals surface area contributed by atoms with E-state index in [4.69, 9.17) is 0 Å². The van der Waals surface area contributed by atoms with Gasteiger partial charge >= 0.3 is 0 Å². The number of para-hydroxylation sites is 2. The molecule has 0 aliphatic carbocycles. The molecule has 0 unspecified atom stereocenters. The topological polar surface area (TPSA) is 104 Å². The van der Waals surface area contributed by atoms with E-state index in [9.17, 15) is 9.59 Å². The summed E-state index contributed by atoms with van der Waals surface area (Å²) < 4.78 is 0. The van der Waals surface area contributed by atoms with Crippen molar-refractivity contribution in [2.24, 2.45) is 0 Å². The molecule has 3 N–H and O–H groups in total. The quantitative estimate of drug-likeness (QED) is 0.471. The van der Waals surface area contributed by atoms with Crippen LogP contribution in [0.3, 0.4) is 0 Å². The minimum atomic E-state index is -0.220. The van der Waals surface area contributed by atoms with Crippen LogP contribution in [-0.4, -0.2) is 31.6 Å². The van der Waals surface area contributed by atoms with Gasteiger partial charge in [0.1, 0.15) is 0 Å². The van der Waals surface area contributed by atoms with Crippen LogP contribution in [0.1, 0.15) is 19.0 Å². The molecule has 8 heteroatoms. The minimum Gasteiger partial charge on any atom is -0.324 e. The van der Waals surface area contributed by atoms with Crippen LogP contribution in [-0.2, 0) is 11.2 Å². The number of aryl methyl sites for hydroxylation is 1. The summed E-state index contributed by atoms with van der Waals surface area (Å²) in [6, 6.07) is 9.02. The first-order chi connectivity index (χ1) is 11.6. The van der Waals surface area contributed by atoms with Gasteiger partial charge in [0.25, 0.3) is 5.56 Å². The predicted octanol–water partition coefficient (Wildman–Crippen LogP) is 2.33. The third-order valence-corrected chi connectivity index (χ3v) is 4.14. The number of H-pyrrole nitrogens is 2. The largest absolute Gasteiger partial charge is 0.324 e. The van der Waals surface area contributed by atoms with Crippen molar-refractivity contribution in [3.05, 3.63) is 46.4 Å². The summed E-state index contributed by atoms with van der Waals surface area (Å²) in [6.45, 7) is 2.02. The summed E-state index contributed by atoms with van der Waals surface area (Å²) in [7, 11) is 0. The Hall–Kier alpha value is -2.61. The number of hydrogen-bond acceptors (Lipinski definition) is 5. The van der Waals surface area contributed by atoms with Gasteiger partial charge in [0, 0.05) is 11.8 Å². The number of nitrogens with zero attached hydrogens (tertiary/aromatic N) is 2. The molecule has 0 bridgehead atoms. The van der Waals surface area contributed by atoms with Gasteiger partial charge in [-0.3, -0.25) is 14.9 Å². The molecule has 0 fully saturated rings. The summed E-state index contributed by atoms with van der Waals surface area (Å²) in [6.07, 6.45) is 1.65. The first-order valence-electron chi connectivity index (χ1n) is 7.61. The summed E-state index contributed by atoms with van der Waals surface area (Å²) in [5.41, 5.74) is 2.19. The lowest BCUT2D eigenvalue weighted by molar-refractivity contribution is -0.113. The minimum absolute atomic E-state index is 0.134. The second kappa shape index (κ2) is 7.31. The fraction of sp³-hybridized carbons (Fsp3) is 0.250. The first-order valence-corrected chi connectivity index (χ1v) is 8.60. The fourth-order valence-corrected chi connectivity index (χ4v) is 2.94. The first kappa shape index (κ1) is 16.3. The molecule has 0 spiro atoms. The third-order valence-electron chi connectivity index (χ3n) is 3.27. The van der Waals surface area contributed by atoms with Crippen molar-refractivity contribution in [2.75, 3.05) is 11.1 Å². The van der Waals surface area contributed by atoms with Gasteiger partial charge in [0.05, 0.1) is 16.8 Å². The van der Waals surface area contributed by atoms with E-state index in [0.717, 1.165) is 29.6 Å². The van der Waals surface area contributed by atoms with Crippen molar-refractivity contribution < 1.29 is 4.79 Å². The smallest absolute Gasteiger partial charge is 0.251 e. The Morgan fingerprint density at radius 1 is 1.25 bits per heavy atom. The van der Waals surface area contributed by atoms with Crippen LogP contribution in [0.15, 0.2) is 40.3 Å². The van der Waals surface area contributed by atoms with E-state index in [1.165, 1.54) is 17.8 Å². The molecule has 0 aliphatic rings. The number of aromatic nitrogens is 4. The van der Waals surface area contributed by atoms with Crippen molar-refractivity contribution in [3.8, 4) is 0 Å². The molecule has 1 amide bonds. The molecule has 24 heavy (non-hydrogen) atoms. The van der Waals surface area contributed by atoms with Crippen LogP contribution < -0.4 is 10.9 Å². The van der Waals surface area contributed by atoms with E-state index in [1.807, 2.05) is 31.2 Å². The van der Waals surface area contributed by atoms with Crippen molar-refractivity contribution in [3.63, 3.8) is 0 Å². The Morgan fingerprint density at radius 3 is 2.88 bits per heavy atom. The van der Waals surface area contributed by atoms with Gasteiger partial charge < -0.3 is 9.97 Å². The van der Waals surface area contributed by atoms with Gasteiger partial charge in [0.15, 0.2) is 5.16 Å². The lowest BCUT2D eigenvalue weighted by Crippen LogP contribution is -2.16. The molecule has 2 aromatic heterocycles. The second-order valence-electron chi connectivity index (χ2n) is 5.23. The van der Waals surface area contributed by atoms with E-state index in [2.05, 4.69) is 25.3 Å². The number of hydrogen-bond donors (Lipinski definition) is 3. The van der Waals surface area contributed by atoms with Crippen LogP contribution in [0.4, 0.5) is 5.95 Å². The Bertz CT molecular complexity index is 885. The standard InChI is InChI=1S/C16H17N5O2S/c1-2-5-10-8-13(22)21-16(17-10)24-9-14(23)20-15-18-11-6-3-4-7-12(11)19-15/h3-4,6-8H,2,5,9H2,1H3,(H,17,21,22)(H2,18,19,20,23). The van der Waals surface area contributed by atoms with Gasteiger partial charge in [0.2, 0.25) is 11.9 Å². The highest BCUT2D eigenvalue weighted by Crippen LogP contribution is 2.15. The molecule has 124 valence electrons. The van der Waals surface area contributed by atoms with Crippen molar-refractivity contribution in [1.82, 2.24) is 19.9 Å². The number of aromatic amines is 2. The molecule has 3 rings (SSSR count). The Labute approximate surface area is 142 Å². The highest BCUT2D eigenvalue weighted by molar-refractivity contribution is 7.99. The number of rotatable bonds is 6. The highest BCUT2D eigenvalue weighted by atomic mass is 32.2. The van der Waals surface area contributed by atoms with Crippen LogP contribution in [0.5, 0.6) is 0 Å². The number of carbonyl (C=O) groups is 1. The van der Waals surface area contributed by atoms with Gasteiger partial charge in [-0.05, 0) is 18.6 Å². The summed E-state index contributed by atoms with van der Waals surface area (Å²) in [5, 5.41) is 3.16. The summed E-state index contributed by atoms with van der Waals surface area (Å²) in [4.78, 5) is 37.9. The van der Waals surface area contributed by atoms with E-state index < -0.39 is 0 Å². The van der Waals surface area contributed by atoms with Crippen molar-refractivity contribution >= 4 is 34.7 Å². The maximum absolute atomic E-state index is 12.0. The number of fused-ring (bicyclic) bond motifs is 1. The molecule has 0 saturated carbocycles. The molecule has 0 atom stereocenters. The van der Waals surface area contributed by atoms with Crippen molar-refractivity contribution in [2.45, 2.75) is 24.9 Å². The van der Waals surface area contributed by atoms with Crippen molar-refractivity contribution in [1.29, 1.82) is 0 Å². The van der Waals surface area contributed by atoms with Gasteiger partial charge in [-0.1, -0.05) is 37.2 Å². The molecular formula is C16H17N5O2S. The third kappa shape index (κ3) is 4.02. The molecule has 0 saturated heterocycles. The van der Waals surface area contributed by atoms with Gasteiger partial charge in [-0.25, -0.2) is 9.97 Å². The van der Waals surface area contributed by atoms with Crippen LogP contribution in [0.2, 0.25) is 0 Å². The van der Waals surface area contributed by atoms with Gasteiger partial charge in [-0.2, -0.15) is 0 Å². The van der Waals surface area contributed by atoms with E-state index >= 15 is 0 Å². The number of amides is 1. The monoisotopic (exact) mass is 343 g/mol. The number of thioether (sulfide) groups is 1. The zero-order chi connectivity index (χ0) is 16.9. The average molecular weight is 343 g/mol. The molecule has 7 nitrogen and oxygen atoms in total. The van der Waals surface area contributed by atoms with E-state index in [-0.39, 0.29) is 17.2 Å². The summed E-state index contributed by atoms with van der Waals surface area (Å²) in [5.74, 6) is 0.320. The van der Waals surface area contributed by atoms with E-state index in [1.54, 1.807) is 0 Å². The zero-order valence-electron chi connectivity index (χ0n) is 13.1. The maximum atomic E-state index is 12.0. The fourth-order valence-electron chi connectivity index (χ4n) is 2.25. The molecule has 0 aliphatic heterocycles. The lowest BCUT2D eigenvalue weighted by Gasteiger charge is -2.03. The SMILES string of the molecule is CCCc1cc(=O)[nH]c(SCC(=O)Nc2nc3ccccc3[nH]2)n1. The maximum Gasteiger partial charge on any atom is 0.251 e. The van der Waals surface area contributed by atoms with Crippen LogP contribution >= 0.6 is 11.8 Å². The van der Waals surface area contributed by atoms with Crippen LogP contribution in [0, 0.1) is 0 Å². The Kier molecular flexibility index (Phi) is 4.95. The number of nitrogens with one attached hydrogen (secondary N) is 3. The predicted molar refractivity (Wildman–Crippen MR) is 94.3 cm³/mol.